The van der Waals surface area contributed by atoms with Crippen molar-refractivity contribution >= 4 is 23.4 Å². The first-order chi connectivity index (χ1) is 17.1. The van der Waals surface area contributed by atoms with Crippen molar-refractivity contribution in [2.45, 2.75) is 63.7 Å². The second-order valence-corrected chi connectivity index (χ2v) is 11.4. The molecule has 2 fully saturated rings. The van der Waals surface area contributed by atoms with E-state index in [0.717, 1.165) is 17.7 Å². The number of rotatable bonds is 5. The van der Waals surface area contributed by atoms with Crippen molar-refractivity contribution < 1.29 is 19.0 Å². The van der Waals surface area contributed by atoms with Gasteiger partial charge in [0.25, 0.3) is 0 Å². The third-order valence-corrected chi connectivity index (χ3v) is 7.44. The molecule has 1 aliphatic heterocycles. The van der Waals surface area contributed by atoms with E-state index in [1.54, 1.807) is 29.3 Å². The van der Waals surface area contributed by atoms with Crippen LogP contribution in [0.15, 0.2) is 36.5 Å². The van der Waals surface area contributed by atoms with Crippen LogP contribution in [0.2, 0.25) is 0 Å². The number of nitrogens with one attached hydrogen (secondary N) is 1. The Morgan fingerprint density at radius 3 is 2.64 bits per heavy atom. The van der Waals surface area contributed by atoms with Crippen LogP contribution >= 0.6 is 11.3 Å². The van der Waals surface area contributed by atoms with Crippen molar-refractivity contribution in [2.24, 2.45) is 0 Å². The van der Waals surface area contributed by atoms with Crippen molar-refractivity contribution in [3.05, 3.63) is 47.4 Å². The first-order valence-electron chi connectivity index (χ1n) is 12.2. The molecule has 1 saturated heterocycles. The van der Waals surface area contributed by atoms with Crippen molar-refractivity contribution in [1.82, 2.24) is 19.9 Å². The number of halogens is 1. The number of anilines is 1. The van der Waals surface area contributed by atoms with Crippen LogP contribution in [-0.4, -0.2) is 55.8 Å². The van der Waals surface area contributed by atoms with Crippen LogP contribution in [0.1, 0.15) is 51.5 Å². The fourth-order valence-corrected chi connectivity index (χ4v) is 5.29. The number of amides is 1. The lowest BCUT2D eigenvalue weighted by atomic mass is 9.92. The lowest BCUT2D eigenvalue weighted by Gasteiger charge is -2.37. The molecule has 1 saturated carbocycles. The number of aromatic nitrogens is 3. The van der Waals surface area contributed by atoms with E-state index < -0.39 is 11.2 Å². The number of hydrogen-bond acceptors (Lipinski definition) is 8. The molecule has 1 aromatic carbocycles. The van der Waals surface area contributed by atoms with E-state index in [2.05, 4.69) is 15.3 Å². The van der Waals surface area contributed by atoms with Crippen molar-refractivity contribution in [1.29, 1.82) is 0 Å². The van der Waals surface area contributed by atoms with Crippen LogP contribution < -0.4 is 5.32 Å². The third kappa shape index (κ3) is 5.49. The smallest absolute Gasteiger partial charge is 0.410 e. The summed E-state index contributed by atoms with van der Waals surface area (Å²) in [6.45, 7) is 6.18. The van der Waals surface area contributed by atoms with Gasteiger partial charge in [-0.2, -0.15) is 0 Å². The average molecular weight is 512 g/mol. The average Bonchev–Trinajstić information content (AvgIpc) is 3.51. The van der Waals surface area contributed by atoms with E-state index in [9.17, 15) is 14.3 Å². The van der Waals surface area contributed by atoms with E-state index in [1.807, 2.05) is 20.8 Å². The molecule has 3 aromatic rings. The van der Waals surface area contributed by atoms with Crippen molar-refractivity contribution in [2.75, 3.05) is 18.4 Å². The Morgan fingerprint density at radius 1 is 1.22 bits per heavy atom. The second kappa shape index (κ2) is 9.40. The predicted molar refractivity (Wildman–Crippen MR) is 136 cm³/mol. The molecule has 2 aliphatic rings. The van der Waals surface area contributed by atoms with Gasteiger partial charge in [0.1, 0.15) is 22.0 Å². The van der Waals surface area contributed by atoms with Crippen LogP contribution in [0.4, 0.5) is 15.1 Å². The van der Waals surface area contributed by atoms with Gasteiger partial charge in [-0.3, -0.25) is 0 Å². The summed E-state index contributed by atoms with van der Waals surface area (Å²) < 4.78 is 19.6. The third-order valence-electron chi connectivity index (χ3n) is 6.16. The summed E-state index contributed by atoms with van der Waals surface area (Å²) in [6.07, 6.45) is 4.14. The Bertz CT molecular complexity index is 1260. The lowest BCUT2D eigenvalue weighted by molar-refractivity contribution is -0.0356. The van der Waals surface area contributed by atoms with Crippen LogP contribution in [0.3, 0.4) is 0 Å². The molecule has 0 radical (unpaired) electrons. The van der Waals surface area contributed by atoms with Crippen LogP contribution in [0.5, 0.6) is 0 Å². The van der Waals surface area contributed by atoms with E-state index in [1.165, 1.54) is 23.5 Å². The largest absolute Gasteiger partial charge is 0.444 e. The van der Waals surface area contributed by atoms with Gasteiger partial charge in [0.05, 0.1) is 16.3 Å². The maximum Gasteiger partial charge on any atom is 0.410 e. The SMILES string of the molecule is CC(C)(C)OC(=O)N1CCC(O)(c2nc(-c3cccc(F)c3)c(-c3ccnc(NC4CC4)n3)s2)CC1. The van der Waals surface area contributed by atoms with Gasteiger partial charge in [-0.1, -0.05) is 12.1 Å². The molecule has 1 amide bonds. The molecule has 5 rings (SSSR count). The topological polar surface area (TPSA) is 100 Å². The van der Waals surface area contributed by atoms with Crippen LogP contribution in [0.25, 0.3) is 21.8 Å². The normalized spacial score (nSPS) is 17.6. The van der Waals surface area contributed by atoms with Crippen LogP contribution in [-0.2, 0) is 10.3 Å². The lowest BCUT2D eigenvalue weighted by Crippen LogP contribution is -2.46. The first kappa shape index (κ1) is 24.6. The number of ether oxygens (including phenoxy) is 1. The molecule has 10 heteroatoms. The molecule has 36 heavy (non-hydrogen) atoms. The van der Waals surface area contributed by atoms with Gasteiger partial charge in [0.2, 0.25) is 5.95 Å². The Kier molecular flexibility index (Phi) is 6.42. The fourth-order valence-electron chi connectivity index (χ4n) is 4.09. The van der Waals surface area contributed by atoms with Gasteiger partial charge in [-0.15, -0.1) is 11.3 Å². The highest BCUT2D eigenvalue weighted by atomic mass is 32.1. The number of piperidine rings is 1. The molecule has 0 unspecified atom stereocenters. The van der Waals surface area contributed by atoms with E-state index in [-0.39, 0.29) is 11.9 Å². The molecular weight excluding hydrogens is 481 g/mol. The molecule has 8 nitrogen and oxygen atoms in total. The fraction of sp³-hybridized carbons (Fsp3) is 0.462. The van der Waals surface area contributed by atoms with Gasteiger partial charge in [-0.05, 0) is 51.8 Å². The maximum absolute atomic E-state index is 14.1. The number of carbonyl (C=O) groups is 1. The standard InChI is InChI=1S/C26H30FN5O3S/c1-25(2,3)35-24(33)32-13-10-26(34,11-14-32)22-31-20(16-5-4-6-17(27)15-16)21(36-22)19-9-12-28-23(30-19)29-18-7-8-18/h4-6,9,12,15,18,34H,7-8,10-11,13-14H2,1-3H3,(H,28,29,30). The highest BCUT2D eigenvalue weighted by Crippen LogP contribution is 2.43. The predicted octanol–water partition coefficient (Wildman–Crippen LogP) is 5.20. The molecule has 0 bridgehead atoms. The summed E-state index contributed by atoms with van der Waals surface area (Å²) in [5.41, 5.74) is 0.0304. The summed E-state index contributed by atoms with van der Waals surface area (Å²) in [7, 11) is 0. The summed E-state index contributed by atoms with van der Waals surface area (Å²) in [5, 5.41) is 15.4. The number of carbonyl (C=O) groups excluding carboxylic acids is 1. The molecule has 3 heterocycles. The Labute approximate surface area is 213 Å². The number of likely N-dealkylation sites (tertiary alicyclic amines) is 1. The zero-order chi connectivity index (χ0) is 25.5. The van der Waals surface area contributed by atoms with Gasteiger partial charge in [0.15, 0.2) is 0 Å². The Balaban J connectivity index is 1.45. The molecular formula is C26H30FN5O3S. The zero-order valence-corrected chi connectivity index (χ0v) is 21.4. The summed E-state index contributed by atoms with van der Waals surface area (Å²) in [6, 6.07) is 8.46. The molecule has 2 aromatic heterocycles. The Hall–Kier alpha value is -3.11. The number of nitrogens with zero attached hydrogens (tertiary/aromatic N) is 4. The van der Waals surface area contributed by atoms with Gasteiger partial charge in [-0.25, -0.2) is 24.1 Å². The Morgan fingerprint density at radius 2 is 1.97 bits per heavy atom. The maximum atomic E-state index is 14.1. The minimum atomic E-state index is -1.22. The highest BCUT2D eigenvalue weighted by Gasteiger charge is 2.40. The monoisotopic (exact) mass is 511 g/mol. The van der Waals surface area contributed by atoms with Gasteiger partial charge < -0.3 is 20.1 Å². The number of thiazole rings is 1. The molecule has 0 atom stereocenters. The van der Waals surface area contributed by atoms with E-state index >= 15 is 0 Å². The number of hydrogen-bond donors (Lipinski definition) is 2. The van der Waals surface area contributed by atoms with Crippen molar-refractivity contribution in [3.63, 3.8) is 0 Å². The molecule has 2 N–H and O–H groups in total. The summed E-state index contributed by atoms with van der Waals surface area (Å²) >= 11 is 1.35. The number of aliphatic hydroxyl groups is 1. The highest BCUT2D eigenvalue weighted by molar-refractivity contribution is 7.15. The molecule has 0 spiro atoms. The summed E-state index contributed by atoms with van der Waals surface area (Å²) in [5.74, 6) is 0.177. The van der Waals surface area contributed by atoms with Crippen LogP contribution in [0, 0.1) is 5.82 Å². The minimum absolute atomic E-state index is 0.319. The minimum Gasteiger partial charge on any atom is -0.444 e. The molecule has 1 aliphatic carbocycles. The van der Waals surface area contributed by atoms with E-state index in [4.69, 9.17) is 9.72 Å². The first-order valence-corrected chi connectivity index (χ1v) is 13.0. The van der Waals surface area contributed by atoms with Gasteiger partial charge >= 0.3 is 6.09 Å². The summed E-state index contributed by atoms with van der Waals surface area (Å²) in [4.78, 5) is 28.7. The quantitative estimate of drug-likeness (QED) is 0.486. The van der Waals surface area contributed by atoms with E-state index in [0.29, 0.717) is 59.9 Å². The molecule has 190 valence electrons. The number of benzene rings is 1. The zero-order valence-electron chi connectivity index (χ0n) is 20.6. The van der Waals surface area contributed by atoms with Crippen molar-refractivity contribution in [3.8, 4) is 21.8 Å². The second-order valence-electron chi connectivity index (χ2n) is 10.4. The van der Waals surface area contributed by atoms with Gasteiger partial charge in [0, 0.05) is 43.7 Å².